The van der Waals surface area contributed by atoms with Gasteiger partial charge in [0.2, 0.25) is 0 Å². The summed E-state index contributed by atoms with van der Waals surface area (Å²) >= 11 is 0. The van der Waals surface area contributed by atoms with Crippen molar-refractivity contribution in [2.24, 2.45) is 0 Å². The molecule has 0 fully saturated rings. The van der Waals surface area contributed by atoms with Gasteiger partial charge in [0, 0.05) is 0 Å². The molecule has 64 valence electrons. The van der Waals surface area contributed by atoms with Gasteiger partial charge in [0.25, 0.3) is 0 Å². The maximum absolute atomic E-state index is 5.35. The third-order valence-electron chi connectivity index (χ3n) is 2.58. The summed E-state index contributed by atoms with van der Waals surface area (Å²) in [7, 11) is 7.50. The molecule has 0 saturated carbocycles. The van der Waals surface area contributed by atoms with E-state index >= 15 is 0 Å². The molecule has 0 N–H and O–H groups in total. The van der Waals surface area contributed by atoms with E-state index in [4.69, 9.17) is 7.33 Å². The van der Waals surface area contributed by atoms with Gasteiger partial charge in [0.15, 0.2) is 0 Å². The van der Waals surface area contributed by atoms with Gasteiger partial charge in [-0.1, -0.05) is 0 Å². The summed E-state index contributed by atoms with van der Waals surface area (Å²) in [6.45, 7) is 2.20. The van der Waals surface area contributed by atoms with E-state index < -0.39 is 0 Å². The molecule has 0 aliphatic carbocycles. The fourth-order valence-electron chi connectivity index (χ4n) is 1.78. The zero-order valence-electron chi connectivity index (χ0n) is 7.88. The summed E-state index contributed by atoms with van der Waals surface area (Å²) in [6, 6.07) is 6.32. The van der Waals surface area contributed by atoms with Gasteiger partial charge in [-0.25, -0.2) is 0 Å². The molecule has 1 aliphatic rings. The minimum absolute atomic E-state index is 1.00. The Kier molecular flexibility index (Phi) is 2.26. The molecule has 0 bridgehead atoms. The molecule has 0 atom stereocenters. The number of benzene rings is 1. The number of rotatable bonds is 0. The Morgan fingerprint density at radius 2 is 2.23 bits per heavy atom. The van der Waals surface area contributed by atoms with Crippen molar-refractivity contribution in [3.8, 4) is 5.80 Å². The predicted octanol–water partition coefficient (Wildman–Crippen LogP) is 1.15. The third-order valence-corrected chi connectivity index (χ3v) is 2.58. The Balaban J connectivity index is 2.38. The van der Waals surface area contributed by atoms with Crippen molar-refractivity contribution in [2.45, 2.75) is 13.0 Å². The number of hydrogen-bond acceptors (Lipinski definition) is 1. The van der Waals surface area contributed by atoms with Crippen LogP contribution in [0.3, 0.4) is 0 Å². The zero-order valence-corrected chi connectivity index (χ0v) is 7.88. The first-order chi connectivity index (χ1) is 6.29. The first kappa shape index (κ1) is 8.62. The molecule has 0 spiro atoms. The Morgan fingerprint density at radius 3 is 3.00 bits per heavy atom. The normalized spacial score (nSPS) is 16.5. The van der Waals surface area contributed by atoms with E-state index in [0.29, 0.717) is 0 Å². The summed E-state index contributed by atoms with van der Waals surface area (Å²) in [4.78, 5) is 2.33. The summed E-state index contributed by atoms with van der Waals surface area (Å²) in [5.41, 5.74) is 3.85. The molecule has 0 aromatic heterocycles. The molecule has 0 radical (unpaired) electrons. The van der Waals surface area contributed by atoms with Gasteiger partial charge in [0.05, 0.1) is 0 Å². The van der Waals surface area contributed by atoms with Gasteiger partial charge in [-0.15, -0.1) is 0 Å². The fourth-order valence-corrected chi connectivity index (χ4v) is 1.78. The van der Waals surface area contributed by atoms with Crippen molar-refractivity contribution in [3.05, 3.63) is 34.9 Å². The van der Waals surface area contributed by atoms with Crippen molar-refractivity contribution in [1.29, 1.82) is 0 Å². The van der Waals surface area contributed by atoms with Crippen LogP contribution in [0.25, 0.3) is 0 Å². The van der Waals surface area contributed by atoms with Crippen LogP contribution in [-0.4, -0.2) is 25.8 Å². The van der Waals surface area contributed by atoms with Gasteiger partial charge in [-0.05, 0) is 0 Å². The van der Waals surface area contributed by atoms with Gasteiger partial charge in [-0.2, -0.15) is 0 Å². The molecule has 13 heavy (non-hydrogen) atoms. The van der Waals surface area contributed by atoms with E-state index in [1.807, 2.05) is 6.07 Å². The van der Waals surface area contributed by atoms with Gasteiger partial charge < -0.3 is 0 Å². The molecule has 0 unspecified atom stereocenters. The van der Waals surface area contributed by atoms with Crippen molar-refractivity contribution in [3.63, 3.8) is 0 Å². The molecule has 1 nitrogen and oxygen atoms in total. The topological polar surface area (TPSA) is 3.24 Å². The molecule has 2 heteroatoms. The second-order valence-corrected chi connectivity index (χ2v) is 3.62. The summed E-state index contributed by atoms with van der Waals surface area (Å²) in [6.07, 6.45) is 1.13. The SMILES string of the molecule is B#Cc1ccc2c(c1)CCN(C)C2. The molecule has 1 aliphatic heterocycles. The van der Waals surface area contributed by atoms with Crippen LogP contribution in [0.5, 0.6) is 0 Å². The van der Waals surface area contributed by atoms with Gasteiger partial charge in [-0.3, -0.25) is 0 Å². The van der Waals surface area contributed by atoms with Crippen molar-refractivity contribution >= 4 is 7.33 Å². The van der Waals surface area contributed by atoms with Crippen molar-refractivity contribution < 1.29 is 0 Å². The predicted molar refractivity (Wildman–Crippen MR) is 55.2 cm³/mol. The zero-order chi connectivity index (χ0) is 9.26. The molecule has 1 heterocycles. The first-order valence-electron chi connectivity index (χ1n) is 4.56. The Labute approximate surface area is 80.1 Å². The van der Waals surface area contributed by atoms with E-state index in [0.717, 1.165) is 25.1 Å². The standard InChI is InChI=1S/C11H12BN/c1-13-5-4-10-6-9(7-12)2-3-11(10)8-13/h2-3,6H,4-5,8H2,1H3. The van der Waals surface area contributed by atoms with E-state index in [1.54, 1.807) is 0 Å². The molecule has 1 aromatic carbocycles. The summed E-state index contributed by atoms with van der Waals surface area (Å²) < 4.78 is 0. The molecule has 1 aromatic rings. The van der Waals surface area contributed by atoms with Crippen molar-refractivity contribution in [2.75, 3.05) is 13.6 Å². The van der Waals surface area contributed by atoms with Gasteiger partial charge in [0.1, 0.15) is 0 Å². The number of fused-ring (bicyclic) bond motifs is 1. The second kappa shape index (κ2) is 3.41. The Hall–Kier alpha value is -0.975. The number of likely N-dealkylation sites (N-methyl/N-ethyl adjacent to an activating group) is 1. The van der Waals surface area contributed by atoms with E-state index in [9.17, 15) is 0 Å². The van der Waals surface area contributed by atoms with Crippen LogP contribution in [0.2, 0.25) is 0 Å². The molecular formula is C11H12BN. The van der Waals surface area contributed by atoms with Crippen LogP contribution in [0.1, 0.15) is 16.7 Å². The summed E-state index contributed by atoms with van der Waals surface area (Å²) in [5, 5.41) is 0. The molecule has 0 saturated heterocycles. The monoisotopic (exact) mass is 169 g/mol. The maximum atomic E-state index is 5.35. The first-order valence-corrected chi connectivity index (χ1v) is 4.56. The Bertz CT molecular complexity index is 365. The van der Waals surface area contributed by atoms with Crippen LogP contribution in [0, 0.1) is 5.80 Å². The van der Waals surface area contributed by atoms with Crippen molar-refractivity contribution in [1.82, 2.24) is 4.90 Å². The quantitative estimate of drug-likeness (QED) is 0.526. The number of hydrogen-bond donors (Lipinski definition) is 0. The van der Waals surface area contributed by atoms with Crippen LogP contribution in [0.15, 0.2) is 18.2 Å². The third kappa shape index (κ3) is 1.69. The number of nitrogens with zero attached hydrogens (tertiary/aromatic N) is 1. The summed E-state index contributed by atoms with van der Waals surface area (Å²) in [5.74, 6) is 2.67. The fraction of sp³-hybridized carbons (Fsp3) is 0.364. The van der Waals surface area contributed by atoms with Crippen LogP contribution >= 0.6 is 0 Å². The molecular weight excluding hydrogens is 157 g/mol. The van der Waals surface area contributed by atoms with E-state index in [2.05, 4.69) is 29.9 Å². The van der Waals surface area contributed by atoms with Crippen LogP contribution in [0.4, 0.5) is 0 Å². The van der Waals surface area contributed by atoms with E-state index in [1.165, 1.54) is 11.1 Å². The molecule has 2 rings (SSSR count). The Morgan fingerprint density at radius 1 is 1.38 bits per heavy atom. The average Bonchev–Trinajstić information content (AvgIpc) is 2.17. The molecule has 0 amide bonds. The average molecular weight is 169 g/mol. The minimum atomic E-state index is 1.00. The van der Waals surface area contributed by atoms with Crippen LogP contribution in [-0.2, 0) is 13.0 Å². The van der Waals surface area contributed by atoms with Crippen LogP contribution < -0.4 is 0 Å². The van der Waals surface area contributed by atoms with E-state index in [-0.39, 0.29) is 0 Å². The second-order valence-electron chi connectivity index (χ2n) is 3.62. The van der Waals surface area contributed by atoms with Gasteiger partial charge >= 0.3 is 79.5 Å².